The van der Waals surface area contributed by atoms with Crippen LogP contribution in [0.5, 0.6) is 0 Å². The molecule has 0 aromatic carbocycles. The van der Waals surface area contributed by atoms with E-state index < -0.39 is 296 Å². The summed E-state index contributed by atoms with van der Waals surface area (Å²) in [5, 5.41) is 255. The van der Waals surface area contributed by atoms with E-state index in [1.807, 2.05) is 0 Å². The number of carboxylic acids is 2. The molecule has 0 spiro atoms. The predicted octanol–water partition coefficient (Wildman–Crippen LogP) is -1.12. The molecule has 0 radical (unpaired) electrons. The van der Waals surface area contributed by atoms with Crippen LogP contribution >= 0.6 is 0 Å². The number of carbonyl (C=O) groups excluding carboxylic acids is 3. The molecule has 0 aromatic heterocycles. The minimum absolute atomic E-state index is 0.0965. The molecule has 132 heavy (non-hydrogen) atoms. The van der Waals surface area contributed by atoms with E-state index in [9.17, 15) is 136 Å². The number of nitrogens with one attached hydrogen (secondary N) is 3. The molecule has 6 rings (SSSR count). The lowest BCUT2D eigenvalue weighted by molar-refractivity contribution is -0.407. The van der Waals surface area contributed by atoms with Crippen LogP contribution in [0.2, 0.25) is 0 Å². The summed E-state index contributed by atoms with van der Waals surface area (Å²) >= 11 is 0. The van der Waals surface area contributed by atoms with Gasteiger partial charge in [-0.15, -0.1) is 0 Å². The van der Waals surface area contributed by atoms with Crippen LogP contribution < -0.4 is 16.0 Å². The van der Waals surface area contributed by atoms with Gasteiger partial charge in [0.1, 0.15) is 140 Å². The first-order valence-electron chi connectivity index (χ1n) is 47.9. The number of hydrogen-bond acceptors (Lipinski definition) is 37. The maximum absolute atomic E-state index is 13.9. The summed E-state index contributed by atoms with van der Waals surface area (Å²) in [7, 11) is 0. The molecule has 0 aromatic rings. The van der Waals surface area contributed by atoms with E-state index in [0.29, 0.717) is 12.8 Å². The molecule has 6 aliphatic heterocycles. The third-order valence-electron chi connectivity index (χ3n) is 25.3. The Balaban J connectivity index is 1.22. The van der Waals surface area contributed by atoms with Crippen molar-refractivity contribution in [2.24, 2.45) is 0 Å². The number of unbranched alkanes of at least 4 members (excludes halogenated alkanes) is 30. The van der Waals surface area contributed by atoms with Gasteiger partial charge >= 0.3 is 11.9 Å². The number of ether oxygens (including phenoxy) is 12. The van der Waals surface area contributed by atoms with Crippen LogP contribution in [-0.2, 0) is 80.8 Å². The highest BCUT2D eigenvalue weighted by molar-refractivity contribution is 5.77. The quantitative estimate of drug-likeness (QED) is 0.0253. The van der Waals surface area contributed by atoms with Crippen LogP contribution in [-0.4, -0.2) is 396 Å². The van der Waals surface area contributed by atoms with Crippen molar-refractivity contribution in [3.05, 3.63) is 24.3 Å². The molecule has 12 unspecified atom stereocenters. The lowest BCUT2D eigenvalue weighted by Crippen LogP contribution is -2.72. The lowest BCUT2D eigenvalue weighted by Gasteiger charge is -2.52. The molecule has 6 aliphatic rings. The van der Waals surface area contributed by atoms with Crippen molar-refractivity contribution in [2.75, 3.05) is 46.2 Å². The standard InChI is InChI=1S/C90H159N3O39/c1-5-7-9-11-13-15-17-19-20-21-22-23-24-25-26-27-28-30-32-34-36-38-40-42-64(107)93-54(55(102)41-39-37-35-33-31-29-18-16-14-12-10-8-6-2)51-121-84-73(114)72(113)76(62(49-98)124-84)126-86-75(116)82(132-90(88(119)120)44-57(104)67(108)80(130-90)69(110)59(106)46-95)77(63(50-99)125-86)127-83-66(92-53(4)101)78(70(111)60(47-96)122-83)128-85-74(115)81(71(112)61(48-97)123-85)131-89(87(117)118)43-56(103)65(91-52(3)100)79(129-89)68(109)58(105)45-94/h19-20,39,41,54-63,65-86,94-99,102-106,108-116H,5-18,21-38,40,42-51H2,1-4H3,(H,91,100)(H,92,101)(H,93,107)(H,117,118)(H,119,120)/b20-19-,41-39+/t54-,55+,56?,57?,58+,59+,60?,61?,62?,63?,65+,66?,67+,68+,69+,70-,71-,72+,73?,74?,75?,76+,77-,78+,79?,80?,81-,82+,83-,84+,85-,86-,89-,90-/m0/s1. The topological polar surface area (TPSA) is 677 Å². The van der Waals surface area contributed by atoms with E-state index in [0.717, 1.165) is 84.5 Å². The van der Waals surface area contributed by atoms with Gasteiger partial charge in [-0.1, -0.05) is 205 Å². The van der Waals surface area contributed by atoms with Gasteiger partial charge in [0.05, 0.1) is 76.6 Å². The van der Waals surface area contributed by atoms with Gasteiger partial charge in [-0.25, -0.2) is 9.59 Å². The number of hydrogen-bond donors (Lipinski definition) is 25. The highest BCUT2D eigenvalue weighted by atomic mass is 16.8. The molecule has 6 fully saturated rings. The number of aliphatic hydroxyl groups excluding tert-OH is 20. The average molecular weight is 1910 g/mol. The first-order valence-corrected chi connectivity index (χ1v) is 47.9. The Kier molecular flexibility index (Phi) is 53.9. The third-order valence-corrected chi connectivity index (χ3v) is 25.3. The minimum atomic E-state index is -3.50. The Labute approximate surface area is 772 Å². The summed E-state index contributed by atoms with van der Waals surface area (Å²) in [6, 6.07) is -5.08. The zero-order chi connectivity index (χ0) is 97.2. The molecule has 6 heterocycles. The second kappa shape index (κ2) is 61.2. The van der Waals surface area contributed by atoms with Gasteiger partial charge < -0.3 is 185 Å². The Morgan fingerprint density at radius 3 is 1.24 bits per heavy atom. The monoisotopic (exact) mass is 1910 g/mol. The molecule has 6 saturated heterocycles. The second-order valence-electron chi connectivity index (χ2n) is 36.0. The van der Waals surface area contributed by atoms with E-state index in [1.165, 1.54) is 134 Å². The fourth-order valence-corrected chi connectivity index (χ4v) is 17.6. The van der Waals surface area contributed by atoms with E-state index >= 15 is 0 Å². The van der Waals surface area contributed by atoms with Gasteiger partial charge in [0.2, 0.25) is 17.7 Å². The summed E-state index contributed by atoms with van der Waals surface area (Å²) in [5.74, 6) is -13.6. The van der Waals surface area contributed by atoms with Gasteiger partial charge in [0.25, 0.3) is 11.6 Å². The summed E-state index contributed by atoms with van der Waals surface area (Å²) in [5.41, 5.74) is 0. The van der Waals surface area contributed by atoms with Gasteiger partial charge in [-0.05, 0) is 44.9 Å². The SMILES string of the molecule is CCCCCCCC/C=C\CCCCCCCCCCCCCCCC(=O)N[C@@H](CO[C@@H]1OC(CO)[C@@H](O[C@@H]2OC(CO)[C@H](O[C@@H]3OC(CO)[C@H](O)[C@H](O[C@@H]4OC(CO)[C@H](O)[C@H](O[C@]5(C(=O)O)CC(O)[C@@H](NC(C)=O)C([C@H](O)[C@H](O)CO)O5)C4O)C3NC(C)=O)[C@H](O[C@]3(C(=O)O)CC(O)[C@@H](O)C([C@H](O)[C@H](O)CO)O3)C2O)[C@H](O)C1O)[C@H](O)/C=C/CCCCCCCCCCCCC. The molecule has 3 amide bonds. The fraction of sp³-hybridized carbons (Fsp3) is 0.900. The van der Waals surface area contributed by atoms with E-state index in [4.69, 9.17) is 56.8 Å². The number of allylic oxidation sites excluding steroid dienone is 3. The Bertz CT molecular complexity index is 3270. The summed E-state index contributed by atoms with van der Waals surface area (Å²) in [4.78, 5) is 66.8. The maximum atomic E-state index is 13.9. The first-order chi connectivity index (χ1) is 63.2. The fourth-order valence-electron chi connectivity index (χ4n) is 17.6. The van der Waals surface area contributed by atoms with Crippen molar-refractivity contribution in [1.29, 1.82) is 0 Å². The van der Waals surface area contributed by atoms with Crippen molar-refractivity contribution in [2.45, 2.75) is 466 Å². The second-order valence-corrected chi connectivity index (χ2v) is 36.0. The Morgan fingerprint density at radius 2 is 0.773 bits per heavy atom. The Morgan fingerprint density at radius 1 is 0.394 bits per heavy atom. The van der Waals surface area contributed by atoms with Gasteiger partial charge in [0, 0.05) is 33.1 Å². The lowest BCUT2D eigenvalue weighted by atomic mass is 9.88. The minimum Gasteiger partial charge on any atom is -0.477 e. The van der Waals surface area contributed by atoms with Gasteiger partial charge in [0.15, 0.2) is 25.2 Å². The molecule has 42 heteroatoms. The van der Waals surface area contributed by atoms with Crippen molar-refractivity contribution in [3.63, 3.8) is 0 Å². The number of aliphatic hydroxyl groups is 20. The molecule has 0 bridgehead atoms. The van der Waals surface area contributed by atoms with Crippen LogP contribution in [0.15, 0.2) is 24.3 Å². The predicted molar refractivity (Wildman–Crippen MR) is 465 cm³/mol. The van der Waals surface area contributed by atoms with Crippen LogP contribution in [0.25, 0.3) is 0 Å². The molecular formula is C90H159N3O39. The van der Waals surface area contributed by atoms with Crippen molar-refractivity contribution in [3.8, 4) is 0 Å². The zero-order valence-corrected chi connectivity index (χ0v) is 77.0. The van der Waals surface area contributed by atoms with Gasteiger partial charge in [-0.2, -0.15) is 0 Å². The number of carboxylic acid groups (broad SMARTS) is 2. The number of amides is 3. The zero-order valence-electron chi connectivity index (χ0n) is 77.0. The molecule has 0 aliphatic carbocycles. The largest absolute Gasteiger partial charge is 0.477 e. The Hall–Kier alpha value is -4.45. The normalized spacial score (nSPS) is 34.4. The summed E-state index contributed by atoms with van der Waals surface area (Å²) in [6.45, 7) is -1.72. The smallest absolute Gasteiger partial charge is 0.364 e. The molecule has 768 valence electrons. The molecule has 42 nitrogen and oxygen atoms in total. The van der Waals surface area contributed by atoms with Crippen molar-refractivity contribution >= 4 is 29.7 Å². The van der Waals surface area contributed by atoms with Crippen LogP contribution in [0, 0.1) is 0 Å². The van der Waals surface area contributed by atoms with Crippen molar-refractivity contribution < 1.29 is 193 Å². The number of carbonyl (C=O) groups is 5. The highest BCUT2D eigenvalue weighted by Crippen LogP contribution is 2.43. The number of rotatable bonds is 65. The van der Waals surface area contributed by atoms with Gasteiger partial charge in [-0.3, -0.25) is 14.4 Å². The molecule has 0 saturated carbocycles. The maximum Gasteiger partial charge on any atom is 0.364 e. The van der Waals surface area contributed by atoms with Crippen LogP contribution in [0.3, 0.4) is 0 Å². The molecule has 25 N–H and O–H groups in total. The third kappa shape index (κ3) is 35.4. The molecular weight excluding hydrogens is 1750 g/mol. The first kappa shape index (κ1) is 116. The average Bonchev–Trinajstić information content (AvgIpc) is 0.753. The van der Waals surface area contributed by atoms with Crippen molar-refractivity contribution in [1.82, 2.24) is 16.0 Å². The molecule has 34 atom stereocenters. The van der Waals surface area contributed by atoms with E-state index in [-0.39, 0.29) is 6.42 Å². The highest BCUT2D eigenvalue weighted by Gasteiger charge is 2.64. The van der Waals surface area contributed by atoms with Crippen LogP contribution in [0.4, 0.5) is 0 Å². The van der Waals surface area contributed by atoms with Crippen LogP contribution in [0.1, 0.15) is 259 Å². The number of aliphatic carboxylic acids is 2. The van der Waals surface area contributed by atoms with E-state index in [1.54, 1.807) is 6.08 Å². The summed E-state index contributed by atoms with van der Waals surface area (Å²) < 4.78 is 72.0. The van der Waals surface area contributed by atoms with E-state index in [2.05, 4.69) is 41.9 Å². The summed E-state index contributed by atoms with van der Waals surface area (Å²) in [6.07, 6.45) is -22.4.